The quantitative estimate of drug-likeness (QED) is 0.110. The van der Waals surface area contributed by atoms with Gasteiger partial charge in [0.05, 0.1) is 17.9 Å². The van der Waals surface area contributed by atoms with Crippen molar-refractivity contribution in [1.82, 2.24) is 10.1 Å². The highest BCUT2D eigenvalue weighted by molar-refractivity contribution is 7.98. The van der Waals surface area contributed by atoms with Crippen molar-refractivity contribution in [2.75, 3.05) is 5.75 Å². The maximum absolute atomic E-state index is 6.63. The molecule has 1 aliphatic heterocycles. The molecular formula is C44H58N4O2S. The Labute approximate surface area is 311 Å². The number of pyridine rings is 1. The molecule has 0 saturated carbocycles. The van der Waals surface area contributed by atoms with Gasteiger partial charge in [0.1, 0.15) is 0 Å². The normalized spacial score (nSPS) is 17.0. The van der Waals surface area contributed by atoms with Crippen LogP contribution in [0.2, 0.25) is 0 Å². The average Bonchev–Trinajstić information content (AvgIpc) is 3.74. The van der Waals surface area contributed by atoms with E-state index in [1.165, 1.54) is 24.0 Å². The first-order chi connectivity index (χ1) is 24.3. The Balaban J connectivity index is 0.000000282. The third kappa shape index (κ3) is 11.7. The zero-order valence-electron chi connectivity index (χ0n) is 30.9. The van der Waals surface area contributed by atoms with Crippen LogP contribution in [0.5, 0.6) is 0 Å². The number of nitrogens with zero attached hydrogens (tertiary/aromatic N) is 3. The van der Waals surface area contributed by atoms with Crippen LogP contribution in [0.15, 0.2) is 117 Å². The van der Waals surface area contributed by atoms with Crippen molar-refractivity contribution in [2.24, 2.45) is 10.7 Å². The molecule has 3 heterocycles. The van der Waals surface area contributed by atoms with Gasteiger partial charge in [0.15, 0.2) is 5.76 Å². The molecule has 0 radical (unpaired) electrons. The summed E-state index contributed by atoms with van der Waals surface area (Å²) in [6.07, 6.45) is 14.0. The fourth-order valence-corrected chi connectivity index (χ4v) is 7.07. The number of aryl methyl sites for hydroxylation is 1. The van der Waals surface area contributed by atoms with Gasteiger partial charge < -0.3 is 15.0 Å². The zero-order chi connectivity index (χ0) is 35.9. The van der Waals surface area contributed by atoms with Crippen molar-refractivity contribution < 1.29 is 9.26 Å². The van der Waals surface area contributed by atoms with E-state index in [-0.39, 0.29) is 7.43 Å². The van der Waals surface area contributed by atoms with E-state index in [1.807, 2.05) is 69.2 Å². The second-order valence-electron chi connectivity index (χ2n) is 12.7. The molecule has 6 nitrogen and oxygen atoms in total. The van der Waals surface area contributed by atoms with Crippen molar-refractivity contribution in [1.29, 1.82) is 0 Å². The maximum atomic E-state index is 6.63. The SMILES string of the molecule is C.CC=N/C(C)=C(C(=C\CCC)/c1ccc(-c2cccnc2)cc1)\C(N)=C(/C)CC.Cc1noc(-c2ccccc2)c1CSCC1CCC(C)O1. The minimum Gasteiger partial charge on any atom is -0.398 e. The largest absolute Gasteiger partial charge is 0.398 e. The Bertz CT molecular complexity index is 1760. The van der Waals surface area contributed by atoms with Crippen LogP contribution in [0.25, 0.3) is 28.0 Å². The average molecular weight is 707 g/mol. The van der Waals surface area contributed by atoms with Crippen LogP contribution in [0.3, 0.4) is 0 Å². The number of rotatable bonds is 13. The summed E-state index contributed by atoms with van der Waals surface area (Å²) in [5, 5.41) is 4.14. The molecule has 1 saturated heterocycles. The number of nitrogens with two attached hydrogens (primary N) is 1. The van der Waals surface area contributed by atoms with E-state index in [2.05, 4.69) is 91.4 Å². The number of unbranched alkanes of at least 4 members (excludes halogenated alkanes) is 1. The molecule has 7 heteroatoms. The summed E-state index contributed by atoms with van der Waals surface area (Å²) in [5.74, 6) is 2.87. The molecule has 2 unspecified atom stereocenters. The minimum absolute atomic E-state index is 0. The molecule has 272 valence electrons. The summed E-state index contributed by atoms with van der Waals surface area (Å²) in [7, 11) is 0. The van der Waals surface area contributed by atoms with Crippen molar-refractivity contribution in [3.8, 4) is 22.5 Å². The van der Waals surface area contributed by atoms with Crippen LogP contribution in [0.1, 0.15) is 97.9 Å². The van der Waals surface area contributed by atoms with E-state index in [4.69, 9.17) is 15.0 Å². The van der Waals surface area contributed by atoms with Crippen LogP contribution < -0.4 is 5.73 Å². The fraction of sp³-hybridized carbons (Fsp3) is 0.386. The Kier molecular flexibility index (Phi) is 17.2. The molecule has 1 fully saturated rings. The predicted octanol–water partition coefficient (Wildman–Crippen LogP) is 12.0. The van der Waals surface area contributed by atoms with Crippen LogP contribution >= 0.6 is 11.8 Å². The zero-order valence-corrected chi connectivity index (χ0v) is 31.7. The van der Waals surface area contributed by atoms with Crippen LogP contribution in [0, 0.1) is 6.92 Å². The molecule has 0 amide bonds. The summed E-state index contributed by atoms with van der Waals surface area (Å²) < 4.78 is 11.4. The molecule has 2 N–H and O–H groups in total. The summed E-state index contributed by atoms with van der Waals surface area (Å²) >= 11 is 1.91. The molecule has 2 aromatic carbocycles. The van der Waals surface area contributed by atoms with Crippen LogP contribution in [-0.2, 0) is 10.5 Å². The van der Waals surface area contributed by atoms with Gasteiger partial charge in [0.25, 0.3) is 0 Å². The first kappa shape index (κ1) is 41.2. The molecule has 2 aromatic heterocycles. The summed E-state index contributed by atoms with van der Waals surface area (Å²) in [6.45, 7) is 14.6. The standard InChI is InChI=1S/C26H33N3.C17H21NO2S.CH4/c1-6-9-12-24(25(20(5)29-8-3)26(27)19(4)7-2)22-15-13-21(14-16-22)23-11-10-17-28-18-23;1-12-8-9-15(19-12)10-21-11-16-13(2)18-20-17(16)14-6-4-3-5-7-14;/h8,10-18H,6-7,9,27H2,1-5H3;3-7,12,15H,8-11H2,1-2H3;1H4/b24-12-,25-20-,26-19-,29-8?;;. The van der Waals surface area contributed by atoms with Gasteiger partial charge >= 0.3 is 0 Å². The smallest absolute Gasteiger partial charge is 0.171 e. The Morgan fingerprint density at radius 3 is 2.31 bits per heavy atom. The van der Waals surface area contributed by atoms with Gasteiger partial charge in [-0.25, -0.2) is 0 Å². The van der Waals surface area contributed by atoms with Gasteiger partial charge in [-0.2, -0.15) is 11.8 Å². The Morgan fingerprint density at radius 2 is 1.71 bits per heavy atom. The first-order valence-corrected chi connectivity index (χ1v) is 19.0. The van der Waals surface area contributed by atoms with Gasteiger partial charge in [-0.3, -0.25) is 9.98 Å². The molecule has 4 aromatic rings. The molecule has 0 aliphatic carbocycles. The molecule has 51 heavy (non-hydrogen) atoms. The van der Waals surface area contributed by atoms with E-state index >= 15 is 0 Å². The van der Waals surface area contributed by atoms with Gasteiger partial charge in [0, 0.05) is 58.2 Å². The van der Waals surface area contributed by atoms with Crippen molar-refractivity contribution in [3.63, 3.8) is 0 Å². The number of ether oxygens (including phenoxy) is 1. The number of hydrogen-bond acceptors (Lipinski definition) is 7. The number of thioether (sulfide) groups is 1. The topological polar surface area (TPSA) is 86.5 Å². The molecule has 2 atom stereocenters. The second kappa shape index (κ2) is 21.2. The molecule has 1 aliphatic rings. The highest BCUT2D eigenvalue weighted by Crippen LogP contribution is 2.34. The highest BCUT2D eigenvalue weighted by atomic mass is 32.2. The lowest BCUT2D eigenvalue weighted by atomic mass is 9.90. The number of hydrogen-bond donors (Lipinski definition) is 1. The van der Waals surface area contributed by atoms with Crippen LogP contribution in [-0.4, -0.2) is 34.3 Å². The number of benzene rings is 2. The van der Waals surface area contributed by atoms with E-state index < -0.39 is 0 Å². The monoisotopic (exact) mass is 706 g/mol. The fourth-order valence-electron chi connectivity index (χ4n) is 5.90. The third-order valence-corrected chi connectivity index (χ3v) is 10.0. The van der Waals surface area contributed by atoms with Crippen molar-refractivity contribution in [3.05, 3.63) is 125 Å². The molecule has 5 rings (SSSR count). The second-order valence-corrected chi connectivity index (χ2v) is 13.8. The lowest BCUT2D eigenvalue weighted by Gasteiger charge is -2.18. The Hall–Kier alpha value is -4.20. The number of aromatic nitrogens is 2. The van der Waals surface area contributed by atoms with E-state index in [1.54, 1.807) is 6.20 Å². The first-order valence-electron chi connectivity index (χ1n) is 17.9. The van der Waals surface area contributed by atoms with Gasteiger partial charge in [-0.1, -0.05) is 99.6 Å². The number of aliphatic imine (C=N–C) groups is 1. The summed E-state index contributed by atoms with van der Waals surface area (Å²) in [4.78, 5) is 8.80. The molecule has 0 bridgehead atoms. The Morgan fingerprint density at radius 1 is 0.980 bits per heavy atom. The highest BCUT2D eigenvalue weighted by Gasteiger charge is 2.22. The van der Waals surface area contributed by atoms with Gasteiger partial charge in [-0.05, 0) is 94.2 Å². The lowest BCUT2D eigenvalue weighted by molar-refractivity contribution is 0.0700. The van der Waals surface area contributed by atoms with Crippen molar-refractivity contribution >= 4 is 23.5 Å². The third-order valence-electron chi connectivity index (χ3n) is 8.93. The predicted molar refractivity (Wildman–Crippen MR) is 220 cm³/mol. The van der Waals surface area contributed by atoms with E-state index in [0.717, 1.165) is 87.0 Å². The minimum atomic E-state index is 0. The number of allylic oxidation sites excluding steroid dienone is 4. The van der Waals surface area contributed by atoms with Crippen LogP contribution in [0.4, 0.5) is 0 Å². The molecular weight excluding hydrogens is 649 g/mol. The summed E-state index contributed by atoms with van der Waals surface area (Å²) in [6, 6.07) is 22.9. The molecule has 0 spiro atoms. The summed E-state index contributed by atoms with van der Waals surface area (Å²) in [5.41, 5.74) is 18.5. The van der Waals surface area contributed by atoms with Gasteiger partial charge in [0.2, 0.25) is 0 Å². The van der Waals surface area contributed by atoms with Gasteiger partial charge in [-0.15, -0.1) is 0 Å². The maximum Gasteiger partial charge on any atom is 0.171 e. The van der Waals surface area contributed by atoms with E-state index in [9.17, 15) is 0 Å². The lowest BCUT2D eigenvalue weighted by Crippen LogP contribution is -2.11. The van der Waals surface area contributed by atoms with Crippen molar-refractivity contribution in [2.45, 2.75) is 106 Å². The van der Waals surface area contributed by atoms with E-state index in [0.29, 0.717) is 12.2 Å².